The smallest absolute Gasteiger partial charge is 0.252 e. The van der Waals surface area contributed by atoms with Gasteiger partial charge < -0.3 is 0 Å². The molecule has 3 rings (SSSR count). The van der Waals surface area contributed by atoms with Crippen LogP contribution < -0.4 is 0 Å². The summed E-state index contributed by atoms with van der Waals surface area (Å²) in [6, 6.07) is 5.31. The van der Waals surface area contributed by atoms with Crippen molar-refractivity contribution in [1.29, 1.82) is 0 Å². The van der Waals surface area contributed by atoms with E-state index in [1.807, 2.05) is 0 Å². The van der Waals surface area contributed by atoms with Crippen LogP contribution in [0.4, 0.5) is 22.0 Å². The van der Waals surface area contributed by atoms with Gasteiger partial charge in [0.1, 0.15) is 17.2 Å². The van der Waals surface area contributed by atoms with Crippen molar-refractivity contribution in [3.8, 4) is 5.69 Å². The first-order valence-corrected chi connectivity index (χ1v) is 7.14. The molecule has 0 saturated carbocycles. The number of hydrogen-bond acceptors (Lipinski definition) is 3. The monoisotopic (exact) mass is 354 g/mol. The summed E-state index contributed by atoms with van der Waals surface area (Å²) in [5.74, 6) is -1.58. The summed E-state index contributed by atoms with van der Waals surface area (Å²) in [6.07, 6.45) is -3.41. The van der Waals surface area contributed by atoms with E-state index in [-0.39, 0.29) is 12.1 Å². The molecule has 9 heteroatoms. The van der Waals surface area contributed by atoms with Crippen molar-refractivity contribution in [2.45, 2.75) is 19.5 Å². The molecule has 1 aromatic carbocycles. The molecule has 0 spiro atoms. The lowest BCUT2D eigenvalue weighted by molar-refractivity contribution is -0.141. The first-order valence-electron chi connectivity index (χ1n) is 7.14. The maximum atomic E-state index is 13.8. The van der Waals surface area contributed by atoms with Crippen LogP contribution in [0.25, 0.3) is 5.69 Å². The fraction of sp³-hybridized carbons (Fsp3) is 0.188. The predicted octanol–water partition coefficient (Wildman–Crippen LogP) is 3.86. The van der Waals surface area contributed by atoms with Crippen LogP contribution in [0.15, 0.2) is 36.5 Å². The Balaban J connectivity index is 1.91. The Morgan fingerprint density at radius 2 is 1.80 bits per heavy atom. The van der Waals surface area contributed by atoms with Gasteiger partial charge in [-0.05, 0) is 36.8 Å². The topological polar surface area (TPSA) is 43.6 Å². The van der Waals surface area contributed by atoms with Crippen molar-refractivity contribution < 1.29 is 22.0 Å². The van der Waals surface area contributed by atoms with Gasteiger partial charge in [0.05, 0.1) is 11.4 Å². The number of nitrogens with zero attached hydrogens (tertiary/aromatic N) is 4. The molecule has 25 heavy (non-hydrogen) atoms. The molecule has 0 fully saturated rings. The third-order valence-corrected chi connectivity index (χ3v) is 3.49. The van der Waals surface area contributed by atoms with Gasteiger partial charge in [-0.3, -0.25) is 4.98 Å². The minimum absolute atomic E-state index is 0.0542. The zero-order valence-corrected chi connectivity index (χ0v) is 12.8. The second kappa shape index (κ2) is 6.23. The van der Waals surface area contributed by atoms with Crippen LogP contribution in [-0.2, 0) is 12.6 Å². The molecule has 2 aromatic heterocycles. The minimum atomic E-state index is -4.54. The van der Waals surface area contributed by atoms with Gasteiger partial charge in [0.2, 0.25) is 0 Å². The fourth-order valence-electron chi connectivity index (χ4n) is 2.26. The zero-order chi connectivity index (χ0) is 18.2. The molecule has 0 N–H and O–H groups in total. The minimum Gasteiger partial charge on any atom is -0.252 e. The first kappa shape index (κ1) is 17.0. The van der Waals surface area contributed by atoms with Crippen LogP contribution in [-0.4, -0.2) is 20.0 Å². The standard InChI is InChI=1S/C16H11F5N4/c1-9-13(6-10-4-5-22-15(7-10)16(19,20)21)24-25(23-9)14-3-2-11(17)8-12(14)18/h2-5,7-8H,6H2,1H3. The van der Waals surface area contributed by atoms with E-state index in [4.69, 9.17) is 0 Å². The summed E-state index contributed by atoms with van der Waals surface area (Å²) in [7, 11) is 0. The van der Waals surface area contributed by atoms with E-state index in [1.165, 1.54) is 12.1 Å². The van der Waals surface area contributed by atoms with Gasteiger partial charge in [0.25, 0.3) is 0 Å². The quantitative estimate of drug-likeness (QED) is 0.671. The van der Waals surface area contributed by atoms with E-state index in [0.717, 1.165) is 23.1 Å². The van der Waals surface area contributed by atoms with Crippen molar-refractivity contribution in [2.75, 3.05) is 0 Å². The number of alkyl halides is 3. The average Bonchev–Trinajstić information content (AvgIpc) is 2.87. The van der Waals surface area contributed by atoms with E-state index < -0.39 is 23.5 Å². The molecule has 0 aliphatic rings. The Hall–Kier alpha value is -2.84. The number of aromatic nitrogens is 4. The van der Waals surface area contributed by atoms with Crippen LogP contribution in [0.3, 0.4) is 0 Å². The molecule has 130 valence electrons. The lowest BCUT2D eigenvalue weighted by Gasteiger charge is -2.06. The third-order valence-electron chi connectivity index (χ3n) is 3.49. The van der Waals surface area contributed by atoms with Crippen LogP contribution >= 0.6 is 0 Å². The molecule has 0 saturated heterocycles. The predicted molar refractivity (Wildman–Crippen MR) is 78.1 cm³/mol. The highest BCUT2D eigenvalue weighted by molar-refractivity contribution is 5.33. The molecular weight excluding hydrogens is 343 g/mol. The Labute approximate surface area is 138 Å². The van der Waals surface area contributed by atoms with Crippen molar-refractivity contribution in [2.24, 2.45) is 0 Å². The van der Waals surface area contributed by atoms with Crippen molar-refractivity contribution in [3.63, 3.8) is 0 Å². The van der Waals surface area contributed by atoms with Gasteiger partial charge in [-0.15, -0.1) is 4.80 Å². The lowest BCUT2D eigenvalue weighted by Crippen LogP contribution is -2.08. The van der Waals surface area contributed by atoms with Gasteiger partial charge >= 0.3 is 6.18 Å². The van der Waals surface area contributed by atoms with Gasteiger partial charge in [-0.1, -0.05) is 0 Å². The molecule has 0 aliphatic carbocycles. The Morgan fingerprint density at radius 3 is 2.48 bits per heavy atom. The second-order valence-electron chi connectivity index (χ2n) is 5.34. The summed E-state index contributed by atoms with van der Waals surface area (Å²) in [4.78, 5) is 4.29. The lowest BCUT2D eigenvalue weighted by atomic mass is 10.1. The summed E-state index contributed by atoms with van der Waals surface area (Å²) in [5.41, 5.74) is 0.0929. The molecule has 2 heterocycles. The van der Waals surface area contributed by atoms with E-state index in [2.05, 4.69) is 15.2 Å². The van der Waals surface area contributed by atoms with Gasteiger partial charge in [-0.25, -0.2) is 8.78 Å². The van der Waals surface area contributed by atoms with Gasteiger partial charge in [0.15, 0.2) is 5.82 Å². The van der Waals surface area contributed by atoms with E-state index in [1.54, 1.807) is 6.92 Å². The van der Waals surface area contributed by atoms with E-state index in [9.17, 15) is 22.0 Å². The van der Waals surface area contributed by atoms with Gasteiger partial charge in [-0.2, -0.15) is 23.4 Å². The number of aryl methyl sites for hydroxylation is 1. The molecule has 0 radical (unpaired) electrons. The molecule has 0 unspecified atom stereocenters. The maximum absolute atomic E-state index is 13.8. The Morgan fingerprint density at radius 1 is 1.04 bits per heavy atom. The number of rotatable bonds is 3. The largest absolute Gasteiger partial charge is 0.433 e. The van der Waals surface area contributed by atoms with Gasteiger partial charge in [0, 0.05) is 18.7 Å². The molecule has 3 aromatic rings. The number of halogens is 5. The highest BCUT2D eigenvalue weighted by atomic mass is 19.4. The summed E-state index contributed by atoms with van der Waals surface area (Å²) in [6.45, 7) is 1.60. The molecule has 0 bridgehead atoms. The number of pyridine rings is 1. The Bertz CT molecular complexity index is 917. The molecule has 0 atom stereocenters. The highest BCUT2D eigenvalue weighted by Crippen LogP contribution is 2.28. The summed E-state index contributed by atoms with van der Waals surface area (Å²) >= 11 is 0. The van der Waals surface area contributed by atoms with Crippen LogP contribution in [0.5, 0.6) is 0 Å². The van der Waals surface area contributed by atoms with E-state index >= 15 is 0 Å². The highest BCUT2D eigenvalue weighted by Gasteiger charge is 2.32. The van der Waals surface area contributed by atoms with Crippen molar-refractivity contribution >= 4 is 0 Å². The van der Waals surface area contributed by atoms with E-state index in [0.29, 0.717) is 23.0 Å². The van der Waals surface area contributed by atoms with Crippen LogP contribution in [0.1, 0.15) is 22.6 Å². The summed E-state index contributed by atoms with van der Waals surface area (Å²) in [5, 5.41) is 8.14. The molecular formula is C16H11F5N4. The van der Waals surface area contributed by atoms with Crippen LogP contribution in [0, 0.1) is 18.6 Å². The average molecular weight is 354 g/mol. The molecule has 4 nitrogen and oxygen atoms in total. The number of benzene rings is 1. The van der Waals surface area contributed by atoms with Crippen LogP contribution in [0.2, 0.25) is 0 Å². The zero-order valence-electron chi connectivity index (χ0n) is 12.8. The third kappa shape index (κ3) is 3.65. The molecule has 0 aliphatic heterocycles. The maximum Gasteiger partial charge on any atom is 0.433 e. The second-order valence-corrected chi connectivity index (χ2v) is 5.34. The first-order chi connectivity index (χ1) is 11.7. The Kier molecular flexibility index (Phi) is 4.23. The van der Waals surface area contributed by atoms with Crippen molar-refractivity contribution in [3.05, 3.63) is 70.8 Å². The fourth-order valence-corrected chi connectivity index (χ4v) is 2.26. The SMILES string of the molecule is Cc1nn(-c2ccc(F)cc2F)nc1Cc1ccnc(C(F)(F)F)c1. The van der Waals surface area contributed by atoms with Crippen molar-refractivity contribution in [1.82, 2.24) is 20.0 Å². The number of hydrogen-bond donors (Lipinski definition) is 0. The normalized spacial score (nSPS) is 11.8. The molecule has 0 amide bonds. The summed E-state index contributed by atoms with van der Waals surface area (Å²) < 4.78 is 65.0.